The molecule has 3 N–H and O–H groups in total. The van der Waals surface area contributed by atoms with Gasteiger partial charge in [0.05, 0.1) is 10.4 Å². The van der Waals surface area contributed by atoms with E-state index in [1.807, 2.05) is 11.1 Å². The summed E-state index contributed by atoms with van der Waals surface area (Å²) in [6.45, 7) is 1.83. The third-order valence-corrected chi connectivity index (χ3v) is 4.51. The number of nitrogens with zero attached hydrogens (tertiary/aromatic N) is 2. The third kappa shape index (κ3) is 2.41. The minimum atomic E-state index is -0.111. The average molecular weight is 276 g/mol. The second-order valence-corrected chi connectivity index (χ2v) is 5.76. The minimum absolute atomic E-state index is 0.111. The Balaban J connectivity index is 1.83. The van der Waals surface area contributed by atoms with E-state index in [0.717, 1.165) is 36.0 Å². The highest BCUT2D eigenvalue weighted by Crippen LogP contribution is 2.32. The van der Waals surface area contributed by atoms with Crippen molar-refractivity contribution in [2.45, 2.75) is 19.3 Å². The summed E-state index contributed by atoms with van der Waals surface area (Å²) in [5.41, 5.74) is 9.54. The van der Waals surface area contributed by atoms with Crippen LogP contribution in [-0.4, -0.2) is 29.0 Å². The Labute approximate surface area is 115 Å². The lowest BCUT2D eigenvalue weighted by Gasteiger charge is -2.26. The Bertz CT molecular complexity index is 604. The molecule has 6 heteroatoms. The zero-order valence-electron chi connectivity index (χ0n) is 10.6. The zero-order chi connectivity index (χ0) is 13.2. The SMILES string of the molecule is Nc1c(C(=O)NN2CCCCC2)sc2cnccc12. The second-order valence-electron chi connectivity index (χ2n) is 4.71. The Hall–Kier alpha value is -1.66. The first-order valence-electron chi connectivity index (χ1n) is 6.43. The predicted octanol–water partition coefficient (Wildman–Crippen LogP) is 2.01. The van der Waals surface area contributed by atoms with Gasteiger partial charge in [-0.15, -0.1) is 11.3 Å². The predicted molar refractivity (Wildman–Crippen MR) is 76.9 cm³/mol. The summed E-state index contributed by atoms with van der Waals surface area (Å²) in [6, 6.07) is 1.85. The van der Waals surface area contributed by atoms with Crippen LogP contribution < -0.4 is 11.2 Å². The summed E-state index contributed by atoms with van der Waals surface area (Å²) >= 11 is 1.39. The number of fused-ring (bicyclic) bond motifs is 1. The van der Waals surface area contributed by atoms with Crippen LogP contribution in [0, 0.1) is 0 Å². The molecule has 0 bridgehead atoms. The van der Waals surface area contributed by atoms with Crippen LogP contribution in [0.3, 0.4) is 0 Å². The smallest absolute Gasteiger partial charge is 0.277 e. The minimum Gasteiger partial charge on any atom is -0.397 e. The van der Waals surface area contributed by atoms with Crippen molar-refractivity contribution >= 4 is 33.0 Å². The van der Waals surface area contributed by atoms with Gasteiger partial charge in [-0.1, -0.05) is 6.42 Å². The van der Waals surface area contributed by atoms with Crippen LogP contribution in [0.4, 0.5) is 5.69 Å². The molecule has 5 nitrogen and oxygen atoms in total. The fourth-order valence-corrected chi connectivity index (χ4v) is 3.32. The topological polar surface area (TPSA) is 71.2 Å². The van der Waals surface area contributed by atoms with Crippen molar-refractivity contribution in [3.8, 4) is 0 Å². The number of thiophene rings is 1. The Kier molecular flexibility index (Phi) is 3.35. The van der Waals surface area contributed by atoms with Crippen molar-refractivity contribution in [1.29, 1.82) is 0 Å². The molecule has 100 valence electrons. The Morgan fingerprint density at radius 1 is 1.37 bits per heavy atom. The number of piperidine rings is 1. The van der Waals surface area contributed by atoms with E-state index in [4.69, 9.17) is 5.73 Å². The molecular formula is C13H16N4OS. The number of nitrogen functional groups attached to an aromatic ring is 1. The first-order chi connectivity index (χ1) is 9.25. The molecule has 1 aliphatic rings. The number of amides is 1. The molecule has 0 aromatic carbocycles. The highest BCUT2D eigenvalue weighted by atomic mass is 32.1. The van der Waals surface area contributed by atoms with Gasteiger partial charge in [0.1, 0.15) is 4.88 Å². The van der Waals surface area contributed by atoms with E-state index in [9.17, 15) is 4.79 Å². The first kappa shape index (κ1) is 12.4. The number of hydrogen-bond donors (Lipinski definition) is 2. The van der Waals surface area contributed by atoms with Gasteiger partial charge >= 0.3 is 0 Å². The van der Waals surface area contributed by atoms with E-state index in [1.165, 1.54) is 17.8 Å². The molecule has 0 spiro atoms. The largest absolute Gasteiger partial charge is 0.397 e. The number of nitrogens with one attached hydrogen (secondary N) is 1. The van der Waals surface area contributed by atoms with Gasteiger partial charge in [0, 0.05) is 30.9 Å². The molecule has 0 aliphatic carbocycles. The lowest BCUT2D eigenvalue weighted by Crippen LogP contribution is -2.44. The summed E-state index contributed by atoms with van der Waals surface area (Å²) in [7, 11) is 0. The number of hydrazine groups is 1. The van der Waals surface area contributed by atoms with E-state index < -0.39 is 0 Å². The molecule has 1 saturated heterocycles. The Morgan fingerprint density at radius 2 is 2.16 bits per heavy atom. The molecular weight excluding hydrogens is 260 g/mol. The van der Waals surface area contributed by atoms with E-state index in [2.05, 4.69) is 10.4 Å². The van der Waals surface area contributed by atoms with Gasteiger partial charge in [-0.05, 0) is 18.9 Å². The van der Waals surface area contributed by atoms with Crippen LogP contribution in [0.5, 0.6) is 0 Å². The molecule has 1 aliphatic heterocycles. The molecule has 0 unspecified atom stereocenters. The molecule has 0 atom stereocenters. The van der Waals surface area contributed by atoms with Gasteiger partial charge in [-0.2, -0.15) is 0 Å². The standard InChI is InChI=1S/C13H16N4OS/c14-11-9-4-5-15-8-10(9)19-12(11)13(18)16-17-6-2-1-3-7-17/h4-5,8H,1-3,6-7,14H2,(H,16,18). The van der Waals surface area contributed by atoms with Crippen molar-refractivity contribution in [3.05, 3.63) is 23.3 Å². The summed E-state index contributed by atoms with van der Waals surface area (Å²) in [5, 5.41) is 2.89. The van der Waals surface area contributed by atoms with Gasteiger partial charge in [-0.3, -0.25) is 15.2 Å². The molecule has 0 saturated carbocycles. The van der Waals surface area contributed by atoms with Gasteiger partial charge in [0.15, 0.2) is 0 Å². The highest BCUT2D eigenvalue weighted by Gasteiger charge is 2.19. The fourth-order valence-electron chi connectivity index (χ4n) is 2.34. The number of rotatable bonds is 2. The van der Waals surface area contributed by atoms with Crippen LogP contribution in [0.1, 0.15) is 28.9 Å². The number of pyridine rings is 1. The summed E-state index contributed by atoms with van der Waals surface area (Å²) < 4.78 is 0.948. The lowest BCUT2D eigenvalue weighted by atomic mass is 10.2. The van der Waals surface area contributed by atoms with Gasteiger partial charge in [-0.25, -0.2) is 5.01 Å². The van der Waals surface area contributed by atoms with Crippen LogP contribution in [0.25, 0.3) is 10.1 Å². The summed E-state index contributed by atoms with van der Waals surface area (Å²) in [4.78, 5) is 16.9. The van der Waals surface area contributed by atoms with Crippen molar-refractivity contribution in [3.63, 3.8) is 0 Å². The van der Waals surface area contributed by atoms with Crippen molar-refractivity contribution in [2.24, 2.45) is 0 Å². The van der Waals surface area contributed by atoms with E-state index in [0.29, 0.717) is 10.6 Å². The van der Waals surface area contributed by atoms with Crippen LogP contribution in [-0.2, 0) is 0 Å². The van der Waals surface area contributed by atoms with Crippen LogP contribution in [0.15, 0.2) is 18.5 Å². The van der Waals surface area contributed by atoms with E-state index in [-0.39, 0.29) is 5.91 Å². The molecule has 1 amide bonds. The van der Waals surface area contributed by atoms with Crippen molar-refractivity contribution in [2.75, 3.05) is 18.8 Å². The van der Waals surface area contributed by atoms with Crippen molar-refractivity contribution < 1.29 is 4.79 Å². The number of carbonyl (C=O) groups is 1. The maximum atomic E-state index is 12.3. The van der Waals surface area contributed by atoms with Gasteiger partial charge in [0.25, 0.3) is 5.91 Å². The molecule has 19 heavy (non-hydrogen) atoms. The van der Waals surface area contributed by atoms with E-state index in [1.54, 1.807) is 12.4 Å². The number of carbonyl (C=O) groups excluding carboxylic acids is 1. The van der Waals surface area contributed by atoms with Crippen LogP contribution >= 0.6 is 11.3 Å². The molecule has 2 aromatic heterocycles. The zero-order valence-corrected chi connectivity index (χ0v) is 11.4. The monoisotopic (exact) mass is 276 g/mol. The number of hydrogen-bond acceptors (Lipinski definition) is 5. The first-order valence-corrected chi connectivity index (χ1v) is 7.25. The maximum absolute atomic E-state index is 12.3. The number of anilines is 1. The number of aromatic nitrogens is 1. The van der Waals surface area contributed by atoms with Gasteiger partial charge < -0.3 is 5.73 Å². The molecule has 3 rings (SSSR count). The molecule has 1 fully saturated rings. The fraction of sp³-hybridized carbons (Fsp3) is 0.385. The molecule has 3 heterocycles. The summed E-state index contributed by atoms with van der Waals surface area (Å²) in [6.07, 6.45) is 6.94. The van der Waals surface area contributed by atoms with Gasteiger partial charge in [0.2, 0.25) is 0 Å². The highest BCUT2D eigenvalue weighted by molar-refractivity contribution is 7.21. The maximum Gasteiger partial charge on any atom is 0.277 e. The average Bonchev–Trinajstić information content (AvgIpc) is 2.78. The number of nitrogens with two attached hydrogens (primary N) is 1. The molecule has 0 radical (unpaired) electrons. The lowest BCUT2D eigenvalue weighted by molar-refractivity contribution is 0.0755. The Morgan fingerprint density at radius 3 is 2.89 bits per heavy atom. The second kappa shape index (κ2) is 5.14. The quantitative estimate of drug-likeness (QED) is 0.880. The normalized spacial score (nSPS) is 16.6. The van der Waals surface area contributed by atoms with Crippen LogP contribution in [0.2, 0.25) is 0 Å². The molecule has 2 aromatic rings. The third-order valence-electron chi connectivity index (χ3n) is 3.35. The van der Waals surface area contributed by atoms with Crippen molar-refractivity contribution in [1.82, 2.24) is 15.4 Å². The summed E-state index contributed by atoms with van der Waals surface area (Å²) in [5.74, 6) is -0.111. The van der Waals surface area contributed by atoms with E-state index >= 15 is 0 Å².